The number of hydrogen-bond acceptors (Lipinski definition) is 3. The van der Waals surface area contributed by atoms with Crippen LogP contribution in [0.5, 0.6) is 0 Å². The van der Waals surface area contributed by atoms with E-state index in [2.05, 4.69) is 9.97 Å². The summed E-state index contributed by atoms with van der Waals surface area (Å²) in [5.41, 5.74) is 3.35. The summed E-state index contributed by atoms with van der Waals surface area (Å²) < 4.78 is 0. The number of nitrogens with zero attached hydrogens (tertiary/aromatic N) is 2. The van der Waals surface area contributed by atoms with Gasteiger partial charge in [0.25, 0.3) is 0 Å². The zero-order valence-electron chi connectivity index (χ0n) is 13.8. The summed E-state index contributed by atoms with van der Waals surface area (Å²) in [6.07, 6.45) is 5.05. The molecule has 0 amide bonds. The van der Waals surface area contributed by atoms with E-state index in [-0.39, 0.29) is 11.8 Å². The van der Waals surface area contributed by atoms with Crippen molar-refractivity contribution in [3.63, 3.8) is 0 Å². The van der Waals surface area contributed by atoms with Gasteiger partial charge in [0, 0.05) is 29.8 Å². The minimum absolute atomic E-state index is 0.00268. The van der Waals surface area contributed by atoms with Gasteiger partial charge >= 0.3 is 5.97 Å². The third kappa shape index (κ3) is 2.50. The summed E-state index contributed by atoms with van der Waals surface area (Å²) >= 11 is 0. The highest BCUT2D eigenvalue weighted by Gasteiger charge is 2.67. The van der Waals surface area contributed by atoms with Crippen molar-refractivity contribution in [2.75, 3.05) is 0 Å². The van der Waals surface area contributed by atoms with Gasteiger partial charge in [0.05, 0.1) is 5.41 Å². The van der Waals surface area contributed by atoms with Crippen molar-refractivity contribution in [2.24, 2.45) is 5.41 Å². The van der Waals surface area contributed by atoms with E-state index in [4.69, 9.17) is 0 Å². The van der Waals surface area contributed by atoms with Crippen LogP contribution in [0.4, 0.5) is 0 Å². The smallest absolute Gasteiger partial charge is 0.310 e. The summed E-state index contributed by atoms with van der Waals surface area (Å²) in [4.78, 5) is 20.0. The summed E-state index contributed by atoms with van der Waals surface area (Å²) in [6, 6.07) is 18.0. The Morgan fingerprint density at radius 1 is 0.880 bits per heavy atom. The molecular formula is C21H18N2O2. The lowest BCUT2D eigenvalue weighted by atomic mass is 9.99. The first-order valence-electron chi connectivity index (χ1n) is 8.26. The molecule has 4 nitrogen and oxygen atoms in total. The van der Waals surface area contributed by atoms with Crippen molar-refractivity contribution in [3.8, 4) is 11.1 Å². The van der Waals surface area contributed by atoms with Crippen molar-refractivity contribution in [2.45, 2.75) is 18.8 Å². The van der Waals surface area contributed by atoms with E-state index in [1.165, 1.54) is 6.33 Å². The van der Waals surface area contributed by atoms with E-state index in [0.29, 0.717) is 0 Å². The Balaban J connectivity index is 1.68. The van der Waals surface area contributed by atoms with Crippen LogP contribution in [0.3, 0.4) is 0 Å². The Labute approximate surface area is 146 Å². The van der Waals surface area contributed by atoms with Gasteiger partial charge in [-0.05, 0) is 23.6 Å². The number of benzene rings is 2. The number of hydrogen-bond donors (Lipinski definition) is 1. The molecule has 3 unspecified atom stereocenters. The standard InChI is InChI=1S/C21H18N2O2/c1-21(20(24)25)18(15-5-3-2-4-6-15)19(21)16-9-7-14(8-10-16)17-11-22-13-23-12-17/h2-13,18-19H,1H3,(H,24,25). The lowest BCUT2D eigenvalue weighted by Gasteiger charge is -2.06. The zero-order valence-corrected chi connectivity index (χ0v) is 13.8. The van der Waals surface area contributed by atoms with Crippen LogP contribution in [0.25, 0.3) is 11.1 Å². The van der Waals surface area contributed by atoms with Crippen LogP contribution in [0.1, 0.15) is 29.9 Å². The summed E-state index contributed by atoms with van der Waals surface area (Å²) in [5, 5.41) is 9.79. The first kappa shape index (κ1) is 15.5. The first-order chi connectivity index (χ1) is 12.1. The molecule has 3 aromatic rings. The molecule has 25 heavy (non-hydrogen) atoms. The molecule has 1 aromatic heterocycles. The Morgan fingerprint density at radius 3 is 2.00 bits per heavy atom. The predicted molar refractivity (Wildman–Crippen MR) is 95.1 cm³/mol. The van der Waals surface area contributed by atoms with Gasteiger partial charge in [-0.25, -0.2) is 9.97 Å². The second kappa shape index (κ2) is 5.81. The van der Waals surface area contributed by atoms with E-state index in [9.17, 15) is 9.90 Å². The van der Waals surface area contributed by atoms with Gasteiger partial charge in [0.15, 0.2) is 0 Å². The molecule has 0 bridgehead atoms. The lowest BCUT2D eigenvalue weighted by Crippen LogP contribution is -2.14. The first-order valence-corrected chi connectivity index (χ1v) is 8.26. The van der Waals surface area contributed by atoms with Crippen molar-refractivity contribution >= 4 is 5.97 Å². The van der Waals surface area contributed by atoms with E-state index in [1.807, 2.05) is 61.5 Å². The second-order valence-electron chi connectivity index (χ2n) is 6.70. The molecule has 1 N–H and O–H groups in total. The summed E-state index contributed by atoms with van der Waals surface area (Å²) in [6.45, 7) is 1.84. The van der Waals surface area contributed by atoms with Crippen LogP contribution in [-0.2, 0) is 4.79 Å². The Morgan fingerprint density at radius 2 is 1.44 bits per heavy atom. The predicted octanol–water partition coefficient (Wildman–Crippen LogP) is 4.12. The van der Waals surface area contributed by atoms with Crippen LogP contribution in [0.2, 0.25) is 0 Å². The quantitative estimate of drug-likeness (QED) is 0.782. The highest BCUT2D eigenvalue weighted by molar-refractivity contribution is 5.83. The Hall–Kier alpha value is -3.01. The maximum atomic E-state index is 11.9. The molecule has 4 rings (SSSR count). The molecule has 2 aromatic carbocycles. The fourth-order valence-corrected chi connectivity index (χ4v) is 3.85. The number of aliphatic carboxylic acids is 1. The van der Waals surface area contributed by atoms with Gasteiger partial charge in [0.2, 0.25) is 0 Å². The number of carboxylic acids is 1. The van der Waals surface area contributed by atoms with Crippen LogP contribution < -0.4 is 0 Å². The van der Waals surface area contributed by atoms with Gasteiger partial charge in [-0.1, -0.05) is 54.6 Å². The molecule has 4 heteroatoms. The molecule has 1 fully saturated rings. The fraction of sp³-hybridized carbons (Fsp3) is 0.190. The minimum Gasteiger partial charge on any atom is -0.481 e. The van der Waals surface area contributed by atoms with Crippen molar-refractivity contribution < 1.29 is 9.90 Å². The average Bonchev–Trinajstić information content (AvgIpc) is 3.31. The lowest BCUT2D eigenvalue weighted by molar-refractivity contribution is -0.143. The molecule has 1 saturated carbocycles. The maximum absolute atomic E-state index is 11.9. The second-order valence-corrected chi connectivity index (χ2v) is 6.70. The van der Waals surface area contributed by atoms with Crippen LogP contribution in [0, 0.1) is 5.41 Å². The number of carbonyl (C=O) groups is 1. The van der Waals surface area contributed by atoms with Gasteiger partial charge in [-0.15, -0.1) is 0 Å². The fourth-order valence-electron chi connectivity index (χ4n) is 3.85. The average molecular weight is 330 g/mol. The molecule has 0 aliphatic heterocycles. The summed E-state index contributed by atoms with van der Waals surface area (Å²) in [7, 11) is 0. The molecule has 1 heterocycles. The van der Waals surface area contributed by atoms with E-state index in [0.717, 1.165) is 22.3 Å². The number of carboxylic acid groups (broad SMARTS) is 1. The highest BCUT2D eigenvalue weighted by Crippen LogP contribution is 2.70. The van der Waals surface area contributed by atoms with Crippen molar-refractivity contribution in [1.82, 2.24) is 9.97 Å². The van der Waals surface area contributed by atoms with Crippen molar-refractivity contribution in [3.05, 3.63) is 84.4 Å². The normalized spacial score (nSPS) is 24.7. The largest absolute Gasteiger partial charge is 0.481 e. The van der Waals surface area contributed by atoms with E-state index in [1.54, 1.807) is 12.4 Å². The summed E-state index contributed by atoms with van der Waals surface area (Å²) in [5.74, 6) is -0.766. The van der Waals surface area contributed by atoms with Gasteiger partial charge in [-0.2, -0.15) is 0 Å². The molecular weight excluding hydrogens is 312 g/mol. The minimum atomic E-state index is -0.765. The van der Waals surface area contributed by atoms with Crippen LogP contribution >= 0.6 is 0 Å². The SMILES string of the molecule is CC1(C(=O)O)C(c2ccccc2)C1c1ccc(-c2cncnc2)cc1. The zero-order chi connectivity index (χ0) is 17.4. The number of rotatable bonds is 4. The monoisotopic (exact) mass is 330 g/mol. The number of aromatic nitrogens is 2. The maximum Gasteiger partial charge on any atom is 0.310 e. The van der Waals surface area contributed by atoms with Gasteiger partial charge in [0.1, 0.15) is 6.33 Å². The van der Waals surface area contributed by atoms with E-state index < -0.39 is 11.4 Å². The third-order valence-corrected chi connectivity index (χ3v) is 5.30. The van der Waals surface area contributed by atoms with Crippen molar-refractivity contribution in [1.29, 1.82) is 0 Å². The molecule has 0 spiro atoms. The van der Waals surface area contributed by atoms with Crippen LogP contribution in [0.15, 0.2) is 73.3 Å². The van der Waals surface area contributed by atoms with E-state index >= 15 is 0 Å². The molecule has 3 atom stereocenters. The molecule has 1 aliphatic carbocycles. The van der Waals surface area contributed by atoms with Gasteiger partial charge in [-0.3, -0.25) is 4.79 Å². The Bertz CT molecular complexity index is 894. The highest BCUT2D eigenvalue weighted by atomic mass is 16.4. The molecule has 124 valence electrons. The molecule has 1 aliphatic rings. The van der Waals surface area contributed by atoms with Gasteiger partial charge < -0.3 is 5.11 Å². The third-order valence-electron chi connectivity index (χ3n) is 5.30. The topological polar surface area (TPSA) is 63.1 Å². The Kier molecular flexibility index (Phi) is 3.61. The molecule has 0 saturated heterocycles. The molecule has 0 radical (unpaired) electrons. The van der Waals surface area contributed by atoms with Crippen LogP contribution in [-0.4, -0.2) is 21.0 Å².